The molecule has 9 heteroatoms. The van der Waals surface area contributed by atoms with Gasteiger partial charge in [0.1, 0.15) is 5.75 Å². The van der Waals surface area contributed by atoms with Crippen LogP contribution in [0.2, 0.25) is 0 Å². The van der Waals surface area contributed by atoms with E-state index < -0.39 is 10.0 Å². The van der Waals surface area contributed by atoms with Crippen LogP contribution in [-0.2, 0) is 21.2 Å². The zero-order valence-electron chi connectivity index (χ0n) is 17.7. The number of amides is 2. The first kappa shape index (κ1) is 22.6. The van der Waals surface area contributed by atoms with Gasteiger partial charge in [0.25, 0.3) is 5.91 Å². The molecule has 0 bridgehead atoms. The topological polar surface area (TPSA) is 96.0 Å². The summed E-state index contributed by atoms with van der Waals surface area (Å²) in [6.07, 6.45) is 1.39. The SMILES string of the molecule is CCOc1ccc(CC(=O)N2CCN(C(=O)c3ccc(NS(C)(=O)=O)cc3)CC2)cc1. The van der Waals surface area contributed by atoms with Gasteiger partial charge in [0.05, 0.1) is 19.3 Å². The highest BCUT2D eigenvalue weighted by molar-refractivity contribution is 7.92. The summed E-state index contributed by atoms with van der Waals surface area (Å²) in [4.78, 5) is 28.8. The van der Waals surface area contributed by atoms with Crippen LogP contribution in [0.3, 0.4) is 0 Å². The number of anilines is 1. The number of nitrogens with one attached hydrogen (secondary N) is 1. The van der Waals surface area contributed by atoms with E-state index in [2.05, 4.69) is 4.72 Å². The minimum absolute atomic E-state index is 0.0347. The van der Waals surface area contributed by atoms with Gasteiger partial charge in [0.2, 0.25) is 15.9 Å². The molecule has 1 aliphatic rings. The first-order valence-corrected chi connectivity index (χ1v) is 12.0. The summed E-state index contributed by atoms with van der Waals surface area (Å²) in [5.41, 5.74) is 1.81. The Morgan fingerprint density at radius 1 is 0.935 bits per heavy atom. The van der Waals surface area contributed by atoms with Crippen molar-refractivity contribution in [2.75, 3.05) is 43.8 Å². The number of carbonyl (C=O) groups excluding carboxylic acids is 2. The molecule has 1 N–H and O–H groups in total. The van der Waals surface area contributed by atoms with Crippen molar-refractivity contribution >= 4 is 27.5 Å². The van der Waals surface area contributed by atoms with Gasteiger partial charge < -0.3 is 14.5 Å². The Bertz CT molecular complexity index is 1010. The number of ether oxygens (including phenoxy) is 1. The fourth-order valence-corrected chi connectivity index (χ4v) is 3.96. The lowest BCUT2D eigenvalue weighted by Gasteiger charge is -2.35. The highest BCUT2D eigenvalue weighted by Crippen LogP contribution is 2.16. The Balaban J connectivity index is 1.51. The Labute approximate surface area is 182 Å². The van der Waals surface area contributed by atoms with Crippen molar-refractivity contribution < 1.29 is 22.7 Å². The van der Waals surface area contributed by atoms with Crippen molar-refractivity contribution in [1.82, 2.24) is 9.80 Å². The van der Waals surface area contributed by atoms with Gasteiger partial charge in [-0.3, -0.25) is 14.3 Å². The predicted octanol–water partition coefficient (Wildman–Crippen LogP) is 1.98. The van der Waals surface area contributed by atoms with Crippen LogP contribution in [0.5, 0.6) is 5.75 Å². The van der Waals surface area contributed by atoms with Gasteiger partial charge in [-0.15, -0.1) is 0 Å². The fraction of sp³-hybridized carbons (Fsp3) is 0.364. The molecule has 166 valence electrons. The van der Waals surface area contributed by atoms with Crippen LogP contribution in [-0.4, -0.2) is 69.1 Å². The summed E-state index contributed by atoms with van der Waals surface area (Å²) < 4.78 is 30.4. The summed E-state index contributed by atoms with van der Waals surface area (Å²) in [7, 11) is -3.36. The van der Waals surface area contributed by atoms with E-state index in [1.54, 1.807) is 34.1 Å². The molecule has 1 heterocycles. The van der Waals surface area contributed by atoms with E-state index in [0.717, 1.165) is 17.6 Å². The highest BCUT2D eigenvalue weighted by atomic mass is 32.2. The summed E-state index contributed by atoms with van der Waals surface area (Å²) in [5, 5.41) is 0. The van der Waals surface area contributed by atoms with Crippen molar-refractivity contribution in [3.63, 3.8) is 0 Å². The molecule has 0 unspecified atom stereocenters. The molecule has 0 saturated carbocycles. The number of piperazine rings is 1. The van der Waals surface area contributed by atoms with Crippen molar-refractivity contribution in [1.29, 1.82) is 0 Å². The third-order valence-corrected chi connectivity index (χ3v) is 5.55. The Morgan fingerprint density at radius 2 is 1.52 bits per heavy atom. The van der Waals surface area contributed by atoms with E-state index in [9.17, 15) is 18.0 Å². The molecular formula is C22H27N3O5S. The molecule has 1 aliphatic heterocycles. The standard InChI is InChI=1S/C22H27N3O5S/c1-3-30-20-10-4-17(5-11-20)16-21(26)24-12-14-25(15-13-24)22(27)18-6-8-19(9-7-18)23-31(2,28)29/h4-11,23H,3,12-16H2,1-2H3. The number of benzene rings is 2. The third-order valence-electron chi connectivity index (χ3n) is 4.94. The molecule has 0 atom stereocenters. The second kappa shape index (κ2) is 9.82. The van der Waals surface area contributed by atoms with E-state index in [4.69, 9.17) is 4.74 Å². The summed E-state index contributed by atoms with van der Waals surface area (Å²) in [6, 6.07) is 13.8. The molecule has 31 heavy (non-hydrogen) atoms. The number of rotatable bonds is 7. The number of sulfonamides is 1. The lowest BCUT2D eigenvalue weighted by atomic mass is 10.1. The second-order valence-corrected chi connectivity index (χ2v) is 9.13. The van der Waals surface area contributed by atoms with Crippen LogP contribution in [0.25, 0.3) is 0 Å². The van der Waals surface area contributed by atoms with E-state index in [0.29, 0.717) is 50.5 Å². The minimum Gasteiger partial charge on any atom is -0.494 e. The molecule has 1 saturated heterocycles. The van der Waals surface area contributed by atoms with Crippen molar-refractivity contribution in [2.24, 2.45) is 0 Å². The molecule has 0 aromatic heterocycles. The number of hydrogen-bond acceptors (Lipinski definition) is 5. The number of nitrogens with zero attached hydrogens (tertiary/aromatic N) is 2. The van der Waals surface area contributed by atoms with Gasteiger partial charge in [0, 0.05) is 37.4 Å². The maximum absolute atomic E-state index is 12.7. The average Bonchev–Trinajstić information content (AvgIpc) is 2.74. The molecule has 1 fully saturated rings. The third kappa shape index (κ3) is 6.45. The Kier molecular flexibility index (Phi) is 7.17. The predicted molar refractivity (Wildman–Crippen MR) is 119 cm³/mol. The van der Waals surface area contributed by atoms with E-state index in [1.807, 2.05) is 31.2 Å². The molecular weight excluding hydrogens is 418 g/mol. The molecule has 2 aromatic rings. The first-order chi connectivity index (χ1) is 14.7. The van der Waals surface area contributed by atoms with Gasteiger partial charge in [-0.05, 0) is 48.9 Å². The smallest absolute Gasteiger partial charge is 0.253 e. The summed E-state index contributed by atoms with van der Waals surface area (Å²) >= 11 is 0. The van der Waals surface area contributed by atoms with Gasteiger partial charge in [-0.25, -0.2) is 8.42 Å². The normalized spacial score (nSPS) is 14.3. The average molecular weight is 446 g/mol. The molecule has 0 radical (unpaired) electrons. The van der Waals surface area contributed by atoms with Crippen LogP contribution in [0.15, 0.2) is 48.5 Å². The van der Waals surface area contributed by atoms with E-state index in [1.165, 1.54) is 0 Å². The molecule has 2 amide bonds. The van der Waals surface area contributed by atoms with Crippen molar-refractivity contribution in [2.45, 2.75) is 13.3 Å². The van der Waals surface area contributed by atoms with Gasteiger partial charge in [-0.2, -0.15) is 0 Å². The van der Waals surface area contributed by atoms with Crippen LogP contribution < -0.4 is 9.46 Å². The summed E-state index contributed by atoms with van der Waals surface area (Å²) in [6.45, 7) is 4.40. The monoisotopic (exact) mass is 445 g/mol. The Hall–Kier alpha value is -3.07. The highest BCUT2D eigenvalue weighted by Gasteiger charge is 2.25. The number of carbonyl (C=O) groups is 2. The molecule has 0 aliphatic carbocycles. The van der Waals surface area contributed by atoms with Crippen molar-refractivity contribution in [3.8, 4) is 5.75 Å². The van der Waals surface area contributed by atoms with Gasteiger partial charge >= 0.3 is 0 Å². The molecule has 2 aromatic carbocycles. The lowest BCUT2D eigenvalue weighted by Crippen LogP contribution is -2.51. The Morgan fingerprint density at radius 3 is 2.06 bits per heavy atom. The number of hydrogen-bond donors (Lipinski definition) is 1. The lowest BCUT2D eigenvalue weighted by molar-refractivity contribution is -0.131. The maximum atomic E-state index is 12.7. The molecule has 3 rings (SSSR count). The molecule has 8 nitrogen and oxygen atoms in total. The maximum Gasteiger partial charge on any atom is 0.253 e. The van der Waals surface area contributed by atoms with Crippen molar-refractivity contribution in [3.05, 3.63) is 59.7 Å². The first-order valence-electron chi connectivity index (χ1n) is 10.1. The quantitative estimate of drug-likeness (QED) is 0.703. The second-order valence-electron chi connectivity index (χ2n) is 7.38. The van der Waals surface area contributed by atoms with Crippen LogP contribution in [0.4, 0.5) is 5.69 Å². The minimum atomic E-state index is -3.36. The van der Waals surface area contributed by atoms with E-state index in [-0.39, 0.29) is 11.8 Å². The molecule has 0 spiro atoms. The van der Waals surface area contributed by atoms with Crippen LogP contribution in [0, 0.1) is 0 Å². The van der Waals surface area contributed by atoms with Gasteiger partial charge in [0.15, 0.2) is 0 Å². The zero-order valence-corrected chi connectivity index (χ0v) is 18.5. The van der Waals surface area contributed by atoms with E-state index >= 15 is 0 Å². The van der Waals surface area contributed by atoms with Gasteiger partial charge in [-0.1, -0.05) is 12.1 Å². The summed E-state index contributed by atoms with van der Waals surface area (Å²) in [5.74, 6) is 0.683. The van der Waals surface area contributed by atoms with Crippen LogP contribution >= 0.6 is 0 Å². The van der Waals surface area contributed by atoms with Crippen LogP contribution in [0.1, 0.15) is 22.8 Å². The zero-order chi connectivity index (χ0) is 22.4. The largest absolute Gasteiger partial charge is 0.494 e. The fourth-order valence-electron chi connectivity index (χ4n) is 3.39.